The van der Waals surface area contributed by atoms with Gasteiger partial charge in [-0.2, -0.15) is 0 Å². The van der Waals surface area contributed by atoms with Crippen molar-refractivity contribution in [3.05, 3.63) is 0 Å². The van der Waals surface area contributed by atoms with Crippen LogP contribution in [0.2, 0.25) is 0 Å². The number of carbonyl (C=O) groups excluding carboxylic acids is 4. The normalized spacial score (nSPS) is 14.0. The molecule has 93 heavy (non-hydrogen) atoms. The Morgan fingerprint density at radius 2 is 0.495 bits per heavy atom. The van der Waals surface area contributed by atoms with Crippen molar-refractivity contribution in [1.29, 1.82) is 0 Å². The van der Waals surface area contributed by atoms with Crippen LogP contribution in [0.5, 0.6) is 0 Å². The summed E-state index contributed by atoms with van der Waals surface area (Å²) in [4.78, 5) is 72.7. The number of hydrogen-bond acceptors (Lipinski definition) is 15. The Labute approximate surface area is 568 Å². The molecular formula is C74H144O17P2. The second-order valence-corrected chi connectivity index (χ2v) is 30.1. The van der Waals surface area contributed by atoms with Crippen LogP contribution in [0.1, 0.15) is 388 Å². The first-order valence-corrected chi connectivity index (χ1v) is 41.6. The van der Waals surface area contributed by atoms with E-state index in [-0.39, 0.29) is 25.7 Å². The molecule has 5 atom stereocenters. The molecule has 0 amide bonds. The van der Waals surface area contributed by atoms with Gasteiger partial charge in [0.1, 0.15) is 19.3 Å². The van der Waals surface area contributed by atoms with Crippen LogP contribution < -0.4 is 0 Å². The third kappa shape index (κ3) is 68.4. The predicted octanol–water partition coefficient (Wildman–Crippen LogP) is 21.7. The molecule has 552 valence electrons. The fraction of sp³-hybridized carbons (Fsp3) is 0.946. The van der Waals surface area contributed by atoms with Gasteiger partial charge in [-0.3, -0.25) is 37.3 Å². The Hall–Kier alpha value is -1.94. The highest BCUT2D eigenvalue weighted by atomic mass is 31.2. The molecule has 3 N–H and O–H groups in total. The molecule has 0 radical (unpaired) electrons. The summed E-state index contributed by atoms with van der Waals surface area (Å²) in [7, 11) is -9.91. The lowest BCUT2D eigenvalue weighted by molar-refractivity contribution is -0.161. The standard InChI is InChI=1S/C74H144O17P2/c1-6-9-12-15-18-21-24-27-30-33-36-39-44-50-55-60-73(78)90-69(63-84-71(76)57-52-47-42-37-34-31-28-25-22-19-16-13-10-7-2)65-88-92(80,81)86-61-68(75)62-87-93(82,83)89-66-70(64-85-72(77)58-53-48-45-40-41-46-51-56-67(4)5)91-74(79)59-54-49-43-38-35-32-29-26-23-20-17-14-11-8-3/h67-70,75H,6-66H2,1-5H3,(H,80,81)(H,82,83)/t68-,69-,70-/m1/s1. The van der Waals surface area contributed by atoms with Crippen molar-refractivity contribution in [3.63, 3.8) is 0 Å². The molecule has 19 heteroatoms. The number of phosphoric acid groups is 2. The molecule has 0 aliphatic rings. The monoisotopic (exact) mass is 1370 g/mol. The fourth-order valence-electron chi connectivity index (χ4n) is 11.4. The zero-order chi connectivity index (χ0) is 68.4. The number of hydrogen-bond donors (Lipinski definition) is 3. The third-order valence-electron chi connectivity index (χ3n) is 17.3. The van der Waals surface area contributed by atoms with Crippen molar-refractivity contribution in [3.8, 4) is 0 Å². The van der Waals surface area contributed by atoms with Crippen molar-refractivity contribution in [2.45, 2.75) is 406 Å². The molecule has 0 saturated heterocycles. The van der Waals surface area contributed by atoms with Gasteiger partial charge in [0.05, 0.1) is 26.4 Å². The molecule has 2 unspecified atom stereocenters. The van der Waals surface area contributed by atoms with E-state index in [2.05, 4.69) is 34.6 Å². The second-order valence-electron chi connectivity index (χ2n) is 27.2. The third-order valence-corrected chi connectivity index (χ3v) is 19.2. The topological polar surface area (TPSA) is 237 Å². The predicted molar refractivity (Wildman–Crippen MR) is 377 cm³/mol. The number of esters is 4. The van der Waals surface area contributed by atoms with Gasteiger partial charge in [-0.1, -0.05) is 336 Å². The van der Waals surface area contributed by atoms with E-state index < -0.39 is 97.5 Å². The van der Waals surface area contributed by atoms with Crippen molar-refractivity contribution in [2.75, 3.05) is 39.6 Å². The Kier molecular flexibility index (Phi) is 65.9. The average molecular weight is 1370 g/mol. The Balaban J connectivity index is 5.25. The quantitative estimate of drug-likeness (QED) is 0.0222. The van der Waals surface area contributed by atoms with Crippen LogP contribution in [0.4, 0.5) is 0 Å². The maximum Gasteiger partial charge on any atom is 0.472 e. The second kappa shape index (κ2) is 67.3. The summed E-state index contributed by atoms with van der Waals surface area (Å²) in [6.45, 7) is 7.24. The minimum Gasteiger partial charge on any atom is -0.462 e. The highest BCUT2D eigenvalue weighted by Gasteiger charge is 2.30. The van der Waals surface area contributed by atoms with Crippen molar-refractivity contribution < 1.29 is 80.2 Å². The van der Waals surface area contributed by atoms with Crippen LogP contribution in [-0.4, -0.2) is 96.7 Å². The first-order valence-electron chi connectivity index (χ1n) is 38.6. The van der Waals surface area contributed by atoms with Crippen molar-refractivity contribution in [1.82, 2.24) is 0 Å². The molecule has 0 aromatic carbocycles. The van der Waals surface area contributed by atoms with Gasteiger partial charge in [0.2, 0.25) is 0 Å². The maximum absolute atomic E-state index is 13.1. The van der Waals surface area contributed by atoms with Gasteiger partial charge in [-0.15, -0.1) is 0 Å². The Morgan fingerprint density at radius 1 is 0.290 bits per heavy atom. The summed E-state index contributed by atoms with van der Waals surface area (Å²) >= 11 is 0. The summed E-state index contributed by atoms with van der Waals surface area (Å²) in [6.07, 6.45) is 55.4. The minimum absolute atomic E-state index is 0.107. The molecule has 0 aliphatic carbocycles. The lowest BCUT2D eigenvalue weighted by Gasteiger charge is -2.21. The molecular weight excluding hydrogens is 1220 g/mol. The number of aliphatic hydroxyl groups excluding tert-OH is 1. The number of carbonyl (C=O) groups is 4. The van der Waals surface area contributed by atoms with Crippen LogP contribution in [0.3, 0.4) is 0 Å². The smallest absolute Gasteiger partial charge is 0.462 e. The zero-order valence-corrected chi connectivity index (χ0v) is 62.2. The van der Waals surface area contributed by atoms with Crippen LogP contribution in [0.25, 0.3) is 0 Å². The number of unbranched alkanes of at least 4 members (excludes halogenated alkanes) is 46. The van der Waals surface area contributed by atoms with Crippen LogP contribution >= 0.6 is 15.6 Å². The number of aliphatic hydroxyl groups is 1. The Bertz CT molecular complexity index is 1790. The van der Waals surface area contributed by atoms with Gasteiger partial charge in [0.15, 0.2) is 12.2 Å². The van der Waals surface area contributed by atoms with Crippen LogP contribution in [0, 0.1) is 5.92 Å². The molecule has 0 fully saturated rings. The van der Waals surface area contributed by atoms with E-state index in [1.165, 1.54) is 205 Å². The number of ether oxygens (including phenoxy) is 4. The van der Waals surface area contributed by atoms with E-state index in [0.717, 1.165) is 96.3 Å². The first-order chi connectivity index (χ1) is 45.0. The van der Waals surface area contributed by atoms with Crippen molar-refractivity contribution in [2.24, 2.45) is 5.92 Å². The summed E-state index contributed by atoms with van der Waals surface area (Å²) in [5, 5.41) is 10.6. The van der Waals surface area contributed by atoms with Gasteiger partial charge in [0, 0.05) is 25.7 Å². The largest absolute Gasteiger partial charge is 0.472 e. The lowest BCUT2D eigenvalue weighted by Crippen LogP contribution is -2.30. The average Bonchev–Trinajstić information content (AvgIpc) is 2.71. The molecule has 0 aliphatic heterocycles. The summed E-state index contributed by atoms with van der Waals surface area (Å²) in [5.41, 5.74) is 0. The lowest BCUT2D eigenvalue weighted by atomic mass is 10.0. The SMILES string of the molecule is CCCCCCCCCCCCCCCCCC(=O)O[C@H](COC(=O)CCCCCCCCCCCCCCCC)COP(=O)(O)OC[C@@H](O)COP(=O)(O)OC[C@@H](COC(=O)CCCCCCCCCC(C)C)OC(=O)CCCCCCCCCCCCCCCC. The van der Waals surface area contributed by atoms with E-state index in [4.69, 9.17) is 37.0 Å². The van der Waals surface area contributed by atoms with E-state index in [0.29, 0.717) is 31.6 Å². The molecule has 0 saturated carbocycles. The van der Waals surface area contributed by atoms with E-state index in [1.807, 2.05) is 0 Å². The molecule has 0 heterocycles. The number of rotatable bonds is 74. The van der Waals surface area contributed by atoms with Gasteiger partial charge >= 0.3 is 39.5 Å². The highest BCUT2D eigenvalue weighted by molar-refractivity contribution is 7.47. The molecule has 0 aromatic rings. The molecule has 0 aromatic heterocycles. The van der Waals surface area contributed by atoms with Crippen LogP contribution in [0.15, 0.2) is 0 Å². The van der Waals surface area contributed by atoms with Crippen LogP contribution in [-0.2, 0) is 65.4 Å². The van der Waals surface area contributed by atoms with E-state index in [9.17, 15) is 43.2 Å². The molecule has 17 nitrogen and oxygen atoms in total. The summed E-state index contributed by atoms with van der Waals surface area (Å²) in [6, 6.07) is 0. The van der Waals surface area contributed by atoms with E-state index in [1.54, 1.807) is 0 Å². The van der Waals surface area contributed by atoms with Gasteiger partial charge < -0.3 is 33.8 Å². The zero-order valence-electron chi connectivity index (χ0n) is 60.4. The summed E-state index contributed by atoms with van der Waals surface area (Å²) in [5.74, 6) is -1.41. The Morgan fingerprint density at radius 3 is 0.731 bits per heavy atom. The molecule has 0 spiro atoms. The van der Waals surface area contributed by atoms with Crippen molar-refractivity contribution >= 4 is 39.5 Å². The van der Waals surface area contributed by atoms with E-state index >= 15 is 0 Å². The molecule has 0 bridgehead atoms. The van der Waals surface area contributed by atoms with Gasteiger partial charge in [-0.25, -0.2) is 9.13 Å². The maximum atomic E-state index is 13.1. The fourth-order valence-corrected chi connectivity index (χ4v) is 12.9. The summed E-state index contributed by atoms with van der Waals surface area (Å²) < 4.78 is 68.5. The molecule has 0 rings (SSSR count). The minimum atomic E-state index is -4.95. The first kappa shape index (κ1) is 91.1. The highest BCUT2D eigenvalue weighted by Crippen LogP contribution is 2.45. The number of phosphoric ester groups is 2. The van der Waals surface area contributed by atoms with Gasteiger partial charge in [0.25, 0.3) is 0 Å². The van der Waals surface area contributed by atoms with Gasteiger partial charge in [-0.05, 0) is 31.6 Å².